The van der Waals surface area contributed by atoms with Crippen LogP contribution in [0.1, 0.15) is 0 Å². The predicted molar refractivity (Wildman–Crippen MR) is 45.1 cm³/mol. The van der Waals surface area contributed by atoms with Gasteiger partial charge in [0.25, 0.3) is 0 Å². The molecular formula is C7H8N4O2. The van der Waals surface area contributed by atoms with Gasteiger partial charge in [0.15, 0.2) is 0 Å². The van der Waals surface area contributed by atoms with E-state index in [4.69, 9.17) is 0 Å². The molecule has 6 nitrogen and oxygen atoms in total. The van der Waals surface area contributed by atoms with Crippen LogP contribution >= 0.6 is 0 Å². The van der Waals surface area contributed by atoms with Gasteiger partial charge in [0.2, 0.25) is 5.52 Å². The summed E-state index contributed by atoms with van der Waals surface area (Å²) in [5.74, 6) is 0.737. The third kappa shape index (κ3) is 1.16. The topological polar surface area (TPSA) is 69.1 Å². The maximum absolute atomic E-state index is 10.9. The molecule has 0 spiro atoms. The summed E-state index contributed by atoms with van der Waals surface area (Å²) in [5, 5.41) is 14.4. The molecule has 2 rings (SSSR count). The van der Waals surface area contributed by atoms with E-state index in [-0.39, 0.29) is 0 Å². The molecule has 0 atom stereocenters. The molecule has 0 bridgehead atoms. The molecule has 0 N–H and O–H groups in total. The zero-order valence-corrected chi connectivity index (χ0v) is 7.26. The molecule has 68 valence electrons. The Labute approximate surface area is 73.9 Å². The Morgan fingerprint density at radius 1 is 1.46 bits per heavy atom. The van der Waals surface area contributed by atoms with Gasteiger partial charge in [-0.25, -0.2) is 0 Å². The molecule has 0 amide bonds. The molecule has 0 saturated carbocycles. The summed E-state index contributed by atoms with van der Waals surface area (Å²) in [6, 6.07) is 3.36. The first-order chi connectivity index (χ1) is 6.18. The van der Waals surface area contributed by atoms with E-state index in [0.717, 1.165) is 5.82 Å². The van der Waals surface area contributed by atoms with Gasteiger partial charge in [-0.2, -0.15) is 4.98 Å². The second-order valence-corrected chi connectivity index (χ2v) is 2.84. The summed E-state index contributed by atoms with van der Waals surface area (Å²) in [6.07, 6.45) is 0. The van der Waals surface area contributed by atoms with Crippen LogP contribution in [0.25, 0.3) is 11.2 Å². The first-order valence-corrected chi connectivity index (χ1v) is 3.72. The summed E-state index contributed by atoms with van der Waals surface area (Å²) in [4.78, 5) is 6.25. The van der Waals surface area contributed by atoms with Crippen molar-refractivity contribution in [2.24, 2.45) is 0 Å². The van der Waals surface area contributed by atoms with Crippen LogP contribution in [0.5, 0.6) is 0 Å². The van der Waals surface area contributed by atoms with Gasteiger partial charge in [0.05, 0.1) is 5.16 Å². The van der Waals surface area contributed by atoms with Gasteiger partial charge in [-0.05, 0) is 17.0 Å². The molecule has 13 heavy (non-hydrogen) atoms. The van der Waals surface area contributed by atoms with Crippen molar-refractivity contribution in [1.82, 2.24) is 10.1 Å². The minimum Gasteiger partial charge on any atom is -0.363 e. The van der Waals surface area contributed by atoms with Crippen molar-refractivity contribution in [3.05, 3.63) is 17.3 Å². The van der Waals surface area contributed by atoms with Crippen molar-refractivity contribution in [2.45, 2.75) is 0 Å². The molecule has 0 aliphatic heterocycles. The Kier molecular flexibility index (Phi) is 1.54. The Hall–Kier alpha value is -1.85. The third-order valence-corrected chi connectivity index (χ3v) is 1.70. The van der Waals surface area contributed by atoms with Crippen LogP contribution in [0.3, 0.4) is 0 Å². The SMILES string of the molecule is CN(C)c1ccc2c(no[n+]2[O-])n1. The van der Waals surface area contributed by atoms with E-state index in [9.17, 15) is 5.21 Å². The van der Waals surface area contributed by atoms with E-state index in [1.807, 2.05) is 19.0 Å². The van der Waals surface area contributed by atoms with E-state index in [1.54, 1.807) is 12.1 Å². The molecule has 2 aromatic heterocycles. The molecule has 0 aromatic carbocycles. The number of fused-ring (bicyclic) bond motifs is 1. The van der Waals surface area contributed by atoms with Gasteiger partial charge >= 0.3 is 5.65 Å². The zero-order valence-electron chi connectivity index (χ0n) is 7.26. The Balaban J connectivity index is 2.63. The highest BCUT2D eigenvalue weighted by molar-refractivity contribution is 5.67. The zero-order chi connectivity index (χ0) is 9.42. The van der Waals surface area contributed by atoms with Gasteiger partial charge in [0.1, 0.15) is 5.82 Å². The second-order valence-electron chi connectivity index (χ2n) is 2.84. The number of hydrogen-bond acceptors (Lipinski definition) is 5. The highest BCUT2D eigenvalue weighted by atomic mass is 16.8. The van der Waals surface area contributed by atoms with Crippen molar-refractivity contribution in [3.8, 4) is 0 Å². The summed E-state index contributed by atoms with van der Waals surface area (Å²) in [6.45, 7) is 0. The van der Waals surface area contributed by atoms with Crippen molar-refractivity contribution in [3.63, 3.8) is 0 Å². The van der Waals surface area contributed by atoms with Gasteiger partial charge in [0, 0.05) is 14.1 Å². The first kappa shape index (κ1) is 7.78. The lowest BCUT2D eigenvalue weighted by molar-refractivity contribution is -0.782. The molecule has 0 saturated heterocycles. The van der Waals surface area contributed by atoms with E-state index in [0.29, 0.717) is 16.1 Å². The van der Waals surface area contributed by atoms with Crippen LogP contribution in [0.2, 0.25) is 0 Å². The summed E-state index contributed by atoms with van der Waals surface area (Å²) in [7, 11) is 3.72. The lowest BCUT2D eigenvalue weighted by atomic mass is 10.4. The number of aromatic nitrogens is 3. The molecule has 0 aliphatic carbocycles. The summed E-state index contributed by atoms with van der Waals surface area (Å²) in [5.41, 5.74) is 0.659. The quantitative estimate of drug-likeness (QED) is 0.574. The predicted octanol–water partition coefficient (Wildman–Crippen LogP) is -0.0778. The number of nitrogens with zero attached hydrogens (tertiary/aromatic N) is 4. The molecule has 2 aromatic rings. The highest BCUT2D eigenvalue weighted by Crippen LogP contribution is 2.11. The Morgan fingerprint density at radius 2 is 2.23 bits per heavy atom. The van der Waals surface area contributed by atoms with E-state index in [2.05, 4.69) is 14.8 Å². The van der Waals surface area contributed by atoms with Gasteiger partial charge in [-0.15, -0.1) is 0 Å². The van der Waals surface area contributed by atoms with Crippen LogP contribution < -0.4 is 9.80 Å². The first-order valence-electron chi connectivity index (χ1n) is 3.72. The van der Waals surface area contributed by atoms with Crippen LogP contribution in [0.4, 0.5) is 5.82 Å². The van der Waals surface area contributed by atoms with Gasteiger partial charge < -0.3 is 10.1 Å². The standard InChI is InChI=1S/C7H8N4O2/c1-10(2)6-4-3-5-7(8-6)9-13-11(5)12/h3-4H,1-2H3. The lowest BCUT2D eigenvalue weighted by Gasteiger charge is -2.08. The second kappa shape index (κ2) is 2.58. The van der Waals surface area contributed by atoms with Gasteiger partial charge in [-0.1, -0.05) is 0 Å². The average molecular weight is 180 g/mol. The van der Waals surface area contributed by atoms with Crippen molar-refractivity contribution >= 4 is 17.0 Å². The van der Waals surface area contributed by atoms with Crippen LogP contribution in [-0.2, 0) is 0 Å². The van der Waals surface area contributed by atoms with Crippen LogP contribution in [-0.4, -0.2) is 24.2 Å². The smallest absolute Gasteiger partial charge is 0.342 e. The maximum atomic E-state index is 10.9. The average Bonchev–Trinajstić information content (AvgIpc) is 2.47. The van der Waals surface area contributed by atoms with E-state index >= 15 is 0 Å². The monoisotopic (exact) mass is 180 g/mol. The Morgan fingerprint density at radius 3 is 2.92 bits per heavy atom. The number of rotatable bonds is 1. The van der Waals surface area contributed by atoms with E-state index < -0.39 is 0 Å². The summed E-state index contributed by atoms with van der Waals surface area (Å²) >= 11 is 0. The molecule has 0 fully saturated rings. The van der Waals surface area contributed by atoms with Gasteiger partial charge in [-0.3, -0.25) is 4.63 Å². The van der Waals surface area contributed by atoms with Crippen LogP contribution in [0, 0.1) is 5.21 Å². The fourth-order valence-electron chi connectivity index (χ4n) is 1.01. The number of hydrogen-bond donors (Lipinski definition) is 0. The number of pyridine rings is 1. The molecule has 0 aliphatic rings. The minimum atomic E-state index is 0.321. The van der Waals surface area contributed by atoms with Crippen molar-refractivity contribution in [1.29, 1.82) is 0 Å². The molecule has 6 heteroatoms. The highest BCUT2D eigenvalue weighted by Gasteiger charge is 2.11. The molecular weight excluding hydrogens is 172 g/mol. The van der Waals surface area contributed by atoms with Crippen LogP contribution in [0.15, 0.2) is 16.8 Å². The minimum absolute atomic E-state index is 0.321. The van der Waals surface area contributed by atoms with Crippen molar-refractivity contribution < 1.29 is 9.53 Å². The lowest BCUT2D eigenvalue weighted by Crippen LogP contribution is -2.22. The maximum Gasteiger partial charge on any atom is 0.342 e. The normalized spacial score (nSPS) is 10.6. The Bertz CT molecular complexity index is 437. The fraction of sp³-hybridized carbons (Fsp3) is 0.286. The van der Waals surface area contributed by atoms with E-state index in [1.165, 1.54) is 0 Å². The molecule has 0 unspecified atom stereocenters. The molecule has 0 radical (unpaired) electrons. The van der Waals surface area contributed by atoms with Crippen molar-refractivity contribution in [2.75, 3.05) is 19.0 Å². The molecule has 2 heterocycles. The third-order valence-electron chi connectivity index (χ3n) is 1.70. The fourth-order valence-corrected chi connectivity index (χ4v) is 1.01. The largest absolute Gasteiger partial charge is 0.363 e. The summed E-state index contributed by atoms with van der Waals surface area (Å²) < 4.78 is 4.38. The number of anilines is 1.